The quantitative estimate of drug-likeness (QED) is 0.104. The third kappa shape index (κ3) is 4.61. The van der Waals surface area contributed by atoms with Crippen LogP contribution in [0.5, 0.6) is 0 Å². The Morgan fingerprint density at radius 1 is 0.302 bits per heavy atom. The molecule has 0 amide bonds. The van der Waals surface area contributed by atoms with Crippen molar-refractivity contribution in [3.63, 3.8) is 0 Å². The zero-order valence-corrected chi connectivity index (χ0v) is 27.2. The molecule has 6 aromatic rings. The van der Waals surface area contributed by atoms with Crippen LogP contribution in [0.15, 0.2) is 182 Å². The first-order valence-corrected chi connectivity index (χ1v) is 24.2. The van der Waals surface area contributed by atoms with Gasteiger partial charge in [-0.15, -0.1) is 0 Å². The van der Waals surface area contributed by atoms with E-state index in [2.05, 4.69) is 146 Å². The summed E-state index contributed by atoms with van der Waals surface area (Å²) in [6.45, 7) is 0. The maximum atomic E-state index is 14.7. The van der Waals surface area contributed by atoms with E-state index < -0.39 is 25.4 Å². The van der Waals surface area contributed by atoms with Gasteiger partial charge in [0.05, 0.1) is 0 Å². The van der Waals surface area contributed by atoms with Gasteiger partial charge in [0, 0.05) is 0 Å². The van der Waals surface area contributed by atoms with Crippen molar-refractivity contribution in [2.75, 3.05) is 0 Å². The molecule has 2 nitrogen and oxygen atoms in total. The van der Waals surface area contributed by atoms with Crippen LogP contribution in [0.3, 0.4) is 0 Å². The SMILES string of the molecule is O=[CH][Pd]([CH]=O)([PH](c1ccccc1)(c1ccccc1)c1ccccc1)[PH](c1ccccc1)(c1ccccc1)c1ccccc1. The zero-order valence-electron chi connectivity index (χ0n) is 23.6. The summed E-state index contributed by atoms with van der Waals surface area (Å²) >= 11 is -4.02. The van der Waals surface area contributed by atoms with Crippen molar-refractivity contribution in [2.45, 2.75) is 0 Å². The molecule has 0 spiro atoms. The Hall–Kier alpha value is -3.82. The van der Waals surface area contributed by atoms with Crippen LogP contribution in [0, 0.1) is 0 Å². The molecule has 0 heterocycles. The summed E-state index contributed by atoms with van der Waals surface area (Å²) < 4.78 is 2.38. The molecular weight excluding hydrogens is 657 g/mol. The number of hydrogen-bond donors (Lipinski definition) is 0. The summed E-state index contributed by atoms with van der Waals surface area (Å²) in [5, 5.41) is 6.52. The van der Waals surface area contributed by atoms with Gasteiger partial charge in [0.15, 0.2) is 0 Å². The first kappa shape index (κ1) is 29.3. The molecule has 6 aromatic carbocycles. The zero-order chi connectivity index (χ0) is 29.6. The second-order valence-corrected chi connectivity index (χ2v) is 34.5. The first-order valence-electron chi connectivity index (χ1n) is 14.1. The van der Waals surface area contributed by atoms with Gasteiger partial charge in [0.2, 0.25) is 0 Å². The Labute approximate surface area is 257 Å². The molecule has 0 saturated carbocycles. The Kier molecular flexibility index (Phi) is 8.72. The fourth-order valence-electron chi connectivity index (χ4n) is 6.27. The average molecular weight is 691 g/mol. The van der Waals surface area contributed by atoms with Crippen molar-refractivity contribution < 1.29 is 24.1 Å². The Bertz CT molecular complexity index is 1450. The summed E-state index contributed by atoms with van der Waals surface area (Å²) in [5.41, 5.74) is -6.82. The van der Waals surface area contributed by atoms with E-state index >= 15 is 0 Å². The summed E-state index contributed by atoms with van der Waals surface area (Å²) in [6.07, 6.45) is 0. The van der Waals surface area contributed by atoms with Crippen molar-refractivity contribution in [1.29, 1.82) is 0 Å². The Morgan fingerprint density at radius 2 is 0.465 bits per heavy atom. The number of carbonyl (C=O) groups excluding carboxylic acids is 2. The second-order valence-electron chi connectivity index (χ2n) is 10.1. The molecule has 0 radical (unpaired) electrons. The van der Waals surface area contributed by atoms with Crippen molar-refractivity contribution in [3.8, 4) is 0 Å². The summed E-state index contributed by atoms with van der Waals surface area (Å²) in [6, 6.07) is 62.6. The van der Waals surface area contributed by atoms with Crippen molar-refractivity contribution >= 4 is 52.2 Å². The number of carbonyl (C=O) groups is 2. The van der Waals surface area contributed by atoms with E-state index in [9.17, 15) is 9.59 Å². The number of hydrogen-bond acceptors (Lipinski definition) is 2. The molecule has 0 atom stereocenters. The van der Waals surface area contributed by atoms with Gasteiger partial charge in [0.25, 0.3) is 0 Å². The molecular formula is C38H34O2P2Pd. The van der Waals surface area contributed by atoms with E-state index in [1.807, 2.05) is 36.4 Å². The molecule has 0 fully saturated rings. The van der Waals surface area contributed by atoms with Gasteiger partial charge in [-0.2, -0.15) is 0 Å². The molecule has 5 heteroatoms. The van der Waals surface area contributed by atoms with Crippen molar-refractivity contribution in [1.82, 2.24) is 0 Å². The first-order chi connectivity index (χ1) is 21.3. The molecule has 0 unspecified atom stereocenters. The molecule has 0 N–H and O–H groups in total. The van der Waals surface area contributed by atoms with Crippen LogP contribution >= 0.6 is 10.9 Å². The molecule has 0 bridgehead atoms. The van der Waals surface area contributed by atoms with Crippen LogP contribution in [-0.2, 0) is 24.1 Å². The molecule has 43 heavy (non-hydrogen) atoms. The van der Waals surface area contributed by atoms with Gasteiger partial charge in [-0.3, -0.25) is 0 Å². The van der Waals surface area contributed by atoms with E-state index in [1.165, 1.54) is 9.52 Å². The number of benzene rings is 6. The standard InChI is InChI=1S/2C18H15P.2CHO.Pd/c2*1-4-10-16(11-5-1)19(17-12-6-2-7-13-17)18-14-8-3-9-15-18;2*1-2;/h2*1-15H;2*1H;/q;;;;-2/p+2. The van der Waals surface area contributed by atoms with Crippen LogP contribution in [-0.4, -0.2) is 9.52 Å². The van der Waals surface area contributed by atoms with Gasteiger partial charge in [-0.05, 0) is 0 Å². The van der Waals surface area contributed by atoms with E-state index in [1.54, 1.807) is 0 Å². The molecule has 218 valence electrons. The third-order valence-corrected chi connectivity index (χ3v) is 47.1. The normalized spacial score (nSPS) is 13.0. The van der Waals surface area contributed by atoms with Crippen molar-refractivity contribution in [2.24, 2.45) is 0 Å². The summed E-state index contributed by atoms with van der Waals surface area (Å²) in [5.74, 6) is 0. The molecule has 0 aliphatic heterocycles. The minimum absolute atomic E-state index is 1.09. The van der Waals surface area contributed by atoms with E-state index in [-0.39, 0.29) is 0 Å². The average Bonchev–Trinajstić information content (AvgIpc) is 3.11. The molecule has 0 aliphatic rings. The van der Waals surface area contributed by atoms with Gasteiger partial charge in [-0.25, -0.2) is 0 Å². The van der Waals surface area contributed by atoms with Gasteiger partial charge >= 0.3 is 258 Å². The van der Waals surface area contributed by atoms with Gasteiger partial charge in [-0.1, -0.05) is 0 Å². The second kappa shape index (κ2) is 12.8. The fourth-order valence-corrected chi connectivity index (χ4v) is 54.7. The van der Waals surface area contributed by atoms with Crippen LogP contribution in [0.4, 0.5) is 0 Å². The van der Waals surface area contributed by atoms with Gasteiger partial charge in [0.1, 0.15) is 0 Å². The van der Waals surface area contributed by atoms with Crippen LogP contribution in [0.2, 0.25) is 0 Å². The van der Waals surface area contributed by atoms with E-state index in [0.717, 1.165) is 31.8 Å². The van der Waals surface area contributed by atoms with E-state index in [0.29, 0.717) is 0 Å². The Morgan fingerprint density at radius 3 is 0.605 bits per heavy atom. The molecule has 0 saturated heterocycles. The topological polar surface area (TPSA) is 34.1 Å². The monoisotopic (exact) mass is 690 g/mol. The third-order valence-electron chi connectivity index (χ3n) is 7.94. The van der Waals surface area contributed by atoms with Crippen LogP contribution in [0.25, 0.3) is 0 Å². The summed E-state index contributed by atoms with van der Waals surface area (Å²) in [4.78, 5) is 29.4. The summed E-state index contributed by atoms with van der Waals surface area (Å²) in [7, 11) is 0. The molecule has 0 aromatic heterocycles. The van der Waals surface area contributed by atoms with E-state index in [4.69, 9.17) is 0 Å². The maximum absolute atomic E-state index is 14.7. The minimum atomic E-state index is -4.02. The predicted octanol–water partition coefficient (Wildman–Crippen LogP) is 5.80. The van der Waals surface area contributed by atoms with Gasteiger partial charge < -0.3 is 0 Å². The predicted molar refractivity (Wildman–Crippen MR) is 187 cm³/mol. The van der Waals surface area contributed by atoms with Crippen molar-refractivity contribution in [3.05, 3.63) is 182 Å². The molecule has 6 rings (SSSR count). The fraction of sp³-hybridized carbons (Fsp3) is 0. The Balaban J connectivity index is 1.94. The van der Waals surface area contributed by atoms with Crippen LogP contribution < -0.4 is 31.8 Å². The molecule has 0 aliphatic carbocycles. The number of rotatable bonds is 10. The van der Waals surface area contributed by atoms with Crippen LogP contribution in [0.1, 0.15) is 0 Å².